The fraction of sp³-hybridized carbons (Fsp3) is 0.111. The topological polar surface area (TPSA) is 49.8 Å². The highest BCUT2D eigenvalue weighted by Crippen LogP contribution is 2.27. The molecule has 0 saturated heterocycles. The Labute approximate surface area is 142 Å². The molecule has 4 nitrogen and oxygen atoms in total. The second-order valence-corrected chi connectivity index (χ2v) is 5.20. The lowest BCUT2D eigenvalue weighted by molar-refractivity contribution is 0.499. The Morgan fingerprint density at radius 2 is 1.64 bits per heavy atom. The summed E-state index contributed by atoms with van der Waals surface area (Å²) in [5, 5.41) is 5.47. The van der Waals surface area contributed by atoms with Crippen molar-refractivity contribution in [1.82, 2.24) is 9.97 Å². The molecule has 0 aliphatic heterocycles. The minimum Gasteiger partial charge on any atom is -0.354 e. The Morgan fingerprint density at radius 3 is 2.36 bits per heavy atom. The number of nitrogens with zero attached hydrogens (tertiary/aromatic N) is 2. The summed E-state index contributed by atoms with van der Waals surface area (Å²) in [5.41, 5.74) is 0.777. The minimum atomic E-state index is -1.30. The van der Waals surface area contributed by atoms with Crippen LogP contribution in [0.15, 0.2) is 48.5 Å². The Morgan fingerprint density at radius 1 is 0.920 bits per heavy atom. The van der Waals surface area contributed by atoms with Gasteiger partial charge in [0.15, 0.2) is 11.6 Å². The average molecular weight is 344 g/mol. The van der Waals surface area contributed by atoms with E-state index < -0.39 is 23.1 Å². The molecule has 2 aromatic carbocycles. The summed E-state index contributed by atoms with van der Waals surface area (Å²) in [4.78, 5) is 8.54. The Balaban J connectivity index is 2.04. The van der Waals surface area contributed by atoms with E-state index >= 15 is 0 Å². The van der Waals surface area contributed by atoms with E-state index in [1.165, 1.54) is 0 Å². The van der Waals surface area contributed by atoms with Gasteiger partial charge in [0.25, 0.3) is 0 Å². The van der Waals surface area contributed by atoms with Crippen molar-refractivity contribution in [2.45, 2.75) is 6.92 Å². The van der Waals surface area contributed by atoms with Crippen LogP contribution in [0.1, 0.15) is 6.92 Å². The quantitative estimate of drug-likeness (QED) is 0.657. The van der Waals surface area contributed by atoms with E-state index in [0.29, 0.717) is 18.2 Å². The number of benzene rings is 2. The second kappa shape index (κ2) is 7.21. The molecule has 2 N–H and O–H groups in total. The first-order valence-electron chi connectivity index (χ1n) is 7.67. The number of halogens is 3. The van der Waals surface area contributed by atoms with E-state index in [1.807, 2.05) is 37.3 Å². The van der Waals surface area contributed by atoms with Crippen molar-refractivity contribution >= 4 is 17.5 Å². The maximum absolute atomic E-state index is 13.9. The lowest BCUT2D eigenvalue weighted by atomic mass is 10.1. The van der Waals surface area contributed by atoms with Crippen LogP contribution in [0.2, 0.25) is 0 Å². The molecule has 3 aromatic rings. The molecule has 1 heterocycles. The standard InChI is InChI=1S/C18H15F3N4/c1-2-22-18-23-14(11-6-4-3-5-7-11)10-15(25-18)24-17-13(20)9-8-12(19)16(17)21/h3-10H,2H2,1H3,(H2,22,23,24,25). The Hall–Kier alpha value is -3.09. The van der Waals surface area contributed by atoms with Gasteiger partial charge in [0.2, 0.25) is 5.95 Å². The van der Waals surface area contributed by atoms with E-state index in [0.717, 1.165) is 17.7 Å². The summed E-state index contributed by atoms with van der Waals surface area (Å²) in [7, 11) is 0. The Kier molecular flexibility index (Phi) is 4.83. The van der Waals surface area contributed by atoms with E-state index in [4.69, 9.17) is 0 Å². The molecule has 128 valence electrons. The minimum absolute atomic E-state index is 0.146. The molecule has 0 fully saturated rings. The zero-order valence-corrected chi connectivity index (χ0v) is 13.4. The summed E-state index contributed by atoms with van der Waals surface area (Å²) in [6.07, 6.45) is 0. The summed E-state index contributed by atoms with van der Waals surface area (Å²) in [5.74, 6) is -2.92. The molecule has 0 aliphatic rings. The SMILES string of the molecule is CCNc1nc(Nc2c(F)ccc(F)c2F)cc(-c2ccccc2)n1. The molecular weight excluding hydrogens is 329 g/mol. The largest absolute Gasteiger partial charge is 0.354 e. The molecular formula is C18H15F3N4. The maximum atomic E-state index is 13.9. The van der Waals surface area contributed by atoms with Crippen LogP contribution in [-0.2, 0) is 0 Å². The Bertz CT molecular complexity index is 885. The maximum Gasteiger partial charge on any atom is 0.225 e. The van der Waals surface area contributed by atoms with Gasteiger partial charge in [0.1, 0.15) is 17.3 Å². The van der Waals surface area contributed by atoms with Gasteiger partial charge in [0.05, 0.1) is 5.69 Å². The molecule has 0 atom stereocenters. The number of nitrogens with one attached hydrogen (secondary N) is 2. The monoisotopic (exact) mass is 344 g/mol. The van der Waals surface area contributed by atoms with Gasteiger partial charge in [-0.05, 0) is 19.1 Å². The van der Waals surface area contributed by atoms with Gasteiger partial charge in [-0.3, -0.25) is 0 Å². The van der Waals surface area contributed by atoms with Gasteiger partial charge in [-0.15, -0.1) is 0 Å². The van der Waals surface area contributed by atoms with Gasteiger partial charge in [-0.25, -0.2) is 18.2 Å². The lowest BCUT2D eigenvalue weighted by Crippen LogP contribution is -2.07. The number of hydrogen-bond donors (Lipinski definition) is 2. The number of anilines is 3. The zero-order valence-electron chi connectivity index (χ0n) is 13.4. The highest BCUT2D eigenvalue weighted by molar-refractivity contribution is 5.67. The van der Waals surface area contributed by atoms with Crippen molar-refractivity contribution in [2.75, 3.05) is 17.2 Å². The first-order chi connectivity index (χ1) is 12.1. The smallest absolute Gasteiger partial charge is 0.225 e. The van der Waals surface area contributed by atoms with E-state index in [-0.39, 0.29) is 5.82 Å². The third-order valence-corrected chi connectivity index (χ3v) is 3.43. The van der Waals surface area contributed by atoms with Crippen molar-refractivity contribution in [3.63, 3.8) is 0 Å². The highest BCUT2D eigenvalue weighted by atomic mass is 19.2. The molecule has 0 radical (unpaired) electrons. The molecule has 25 heavy (non-hydrogen) atoms. The van der Waals surface area contributed by atoms with Crippen molar-refractivity contribution in [3.05, 3.63) is 66.0 Å². The van der Waals surface area contributed by atoms with Gasteiger partial charge < -0.3 is 10.6 Å². The molecule has 0 aliphatic carbocycles. The number of rotatable bonds is 5. The number of hydrogen-bond acceptors (Lipinski definition) is 4. The molecule has 0 saturated carbocycles. The van der Waals surface area contributed by atoms with Crippen LogP contribution in [-0.4, -0.2) is 16.5 Å². The van der Waals surface area contributed by atoms with Crippen LogP contribution in [0.3, 0.4) is 0 Å². The molecule has 0 bridgehead atoms. The molecule has 0 amide bonds. The van der Waals surface area contributed by atoms with Crippen molar-refractivity contribution in [1.29, 1.82) is 0 Å². The van der Waals surface area contributed by atoms with Gasteiger partial charge >= 0.3 is 0 Å². The molecule has 0 unspecified atom stereocenters. The van der Waals surface area contributed by atoms with Crippen molar-refractivity contribution in [3.8, 4) is 11.3 Å². The van der Waals surface area contributed by atoms with Gasteiger partial charge in [-0.2, -0.15) is 4.98 Å². The third kappa shape index (κ3) is 3.71. The number of aromatic nitrogens is 2. The van der Waals surface area contributed by atoms with E-state index in [2.05, 4.69) is 20.6 Å². The molecule has 1 aromatic heterocycles. The summed E-state index contributed by atoms with van der Waals surface area (Å²) in [6, 6.07) is 12.4. The van der Waals surface area contributed by atoms with Crippen LogP contribution in [0.4, 0.5) is 30.6 Å². The van der Waals surface area contributed by atoms with Crippen LogP contribution >= 0.6 is 0 Å². The third-order valence-electron chi connectivity index (χ3n) is 3.43. The summed E-state index contributed by atoms with van der Waals surface area (Å²) >= 11 is 0. The first kappa shape index (κ1) is 16.8. The predicted molar refractivity (Wildman–Crippen MR) is 91.2 cm³/mol. The lowest BCUT2D eigenvalue weighted by Gasteiger charge is -2.12. The van der Waals surface area contributed by atoms with Gasteiger partial charge in [-0.1, -0.05) is 30.3 Å². The van der Waals surface area contributed by atoms with E-state index in [9.17, 15) is 13.2 Å². The van der Waals surface area contributed by atoms with Gasteiger partial charge in [0, 0.05) is 18.2 Å². The molecule has 3 rings (SSSR count). The second-order valence-electron chi connectivity index (χ2n) is 5.20. The van der Waals surface area contributed by atoms with E-state index in [1.54, 1.807) is 6.07 Å². The van der Waals surface area contributed by atoms with Crippen LogP contribution in [0.25, 0.3) is 11.3 Å². The van der Waals surface area contributed by atoms with Crippen molar-refractivity contribution < 1.29 is 13.2 Å². The molecule has 7 heteroatoms. The molecule has 0 spiro atoms. The van der Waals surface area contributed by atoms with Crippen LogP contribution < -0.4 is 10.6 Å². The highest BCUT2D eigenvalue weighted by Gasteiger charge is 2.15. The van der Waals surface area contributed by atoms with Crippen LogP contribution in [0.5, 0.6) is 0 Å². The normalized spacial score (nSPS) is 10.6. The summed E-state index contributed by atoms with van der Waals surface area (Å²) < 4.78 is 41.1. The fourth-order valence-corrected chi connectivity index (χ4v) is 2.27. The fourth-order valence-electron chi connectivity index (χ4n) is 2.27. The average Bonchev–Trinajstić information content (AvgIpc) is 2.63. The van der Waals surface area contributed by atoms with Crippen LogP contribution in [0, 0.1) is 17.5 Å². The first-order valence-corrected chi connectivity index (χ1v) is 7.67. The van der Waals surface area contributed by atoms with Crippen molar-refractivity contribution in [2.24, 2.45) is 0 Å². The summed E-state index contributed by atoms with van der Waals surface area (Å²) in [6.45, 7) is 2.44. The predicted octanol–water partition coefficient (Wildman–Crippen LogP) is 4.74. The zero-order chi connectivity index (χ0) is 17.8.